The molecule has 0 atom stereocenters. The van der Waals surface area contributed by atoms with E-state index >= 15 is 0 Å². The van der Waals surface area contributed by atoms with Crippen LogP contribution in [0.1, 0.15) is 17.7 Å². The molecule has 1 amide bonds. The lowest BCUT2D eigenvalue weighted by molar-refractivity contribution is -0.129. The maximum absolute atomic E-state index is 11.9. The highest BCUT2D eigenvalue weighted by Crippen LogP contribution is 2.30. The van der Waals surface area contributed by atoms with Crippen LogP contribution in [0.2, 0.25) is 0 Å². The van der Waals surface area contributed by atoms with Crippen LogP contribution in [0, 0.1) is 5.92 Å². The Hall–Kier alpha value is -0.590. The minimum absolute atomic E-state index is 0.0160. The number of amides is 1. The highest BCUT2D eigenvalue weighted by molar-refractivity contribution is 8.15. The van der Waals surface area contributed by atoms with Gasteiger partial charge in [-0.15, -0.1) is 11.3 Å². The van der Waals surface area contributed by atoms with Gasteiger partial charge in [-0.25, -0.2) is 8.42 Å². The van der Waals surface area contributed by atoms with E-state index < -0.39 is 9.05 Å². The summed E-state index contributed by atoms with van der Waals surface area (Å²) in [6.45, 7) is 0.796. The summed E-state index contributed by atoms with van der Waals surface area (Å²) in [4.78, 5) is 14.3. The molecular formula is C11H14ClNO3S2. The predicted octanol–water partition coefficient (Wildman–Crippen LogP) is 2.09. The number of thiophene rings is 1. The van der Waals surface area contributed by atoms with Gasteiger partial charge in [0.15, 0.2) is 0 Å². The lowest BCUT2D eigenvalue weighted by atomic mass is 10.3. The molecule has 100 valence electrons. The summed E-state index contributed by atoms with van der Waals surface area (Å²) in [5.74, 6) is 0.670. The van der Waals surface area contributed by atoms with E-state index in [1.807, 2.05) is 0 Å². The number of hydrogen-bond acceptors (Lipinski definition) is 4. The van der Waals surface area contributed by atoms with Crippen molar-refractivity contribution in [2.45, 2.75) is 23.5 Å². The molecule has 0 bridgehead atoms. The van der Waals surface area contributed by atoms with Gasteiger partial charge in [-0.2, -0.15) is 0 Å². The summed E-state index contributed by atoms with van der Waals surface area (Å²) in [6.07, 6.45) is 2.64. The van der Waals surface area contributed by atoms with Crippen LogP contribution in [-0.2, 0) is 20.3 Å². The molecule has 4 nitrogen and oxygen atoms in total. The second-order valence-corrected chi connectivity index (χ2v) is 8.51. The zero-order valence-electron chi connectivity index (χ0n) is 9.93. The fourth-order valence-corrected chi connectivity index (χ4v) is 3.77. The first-order chi connectivity index (χ1) is 8.36. The van der Waals surface area contributed by atoms with Crippen LogP contribution in [0.5, 0.6) is 0 Å². The van der Waals surface area contributed by atoms with Gasteiger partial charge in [0.05, 0.1) is 6.42 Å². The molecule has 1 heterocycles. The lowest BCUT2D eigenvalue weighted by Gasteiger charge is -2.15. The molecule has 2 rings (SSSR count). The molecule has 18 heavy (non-hydrogen) atoms. The van der Waals surface area contributed by atoms with E-state index in [-0.39, 0.29) is 16.5 Å². The molecule has 0 spiro atoms. The van der Waals surface area contributed by atoms with Gasteiger partial charge >= 0.3 is 0 Å². The van der Waals surface area contributed by atoms with Crippen molar-refractivity contribution in [1.29, 1.82) is 0 Å². The molecule has 0 saturated heterocycles. The number of hydrogen-bond donors (Lipinski definition) is 0. The first kappa shape index (κ1) is 13.8. The monoisotopic (exact) mass is 307 g/mol. The molecule has 7 heteroatoms. The van der Waals surface area contributed by atoms with E-state index in [9.17, 15) is 13.2 Å². The zero-order chi connectivity index (χ0) is 13.3. The molecule has 1 aromatic rings. The minimum Gasteiger partial charge on any atom is -0.345 e. The summed E-state index contributed by atoms with van der Waals surface area (Å²) in [6, 6.07) is 3.08. The third kappa shape index (κ3) is 3.70. The largest absolute Gasteiger partial charge is 0.345 e. The van der Waals surface area contributed by atoms with Gasteiger partial charge in [-0.3, -0.25) is 4.79 Å². The Labute approximate surface area is 115 Å². The third-order valence-corrected chi connectivity index (χ3v) is 6.04. The molecule has 0 unspecified atom stereocenters. The Morgan fingerprint density at radius 3 is 2.67 bits per heavy atom. The number of carbonyl (C=O) groups is 1. The molecule has 1 aromatic heterocycles. The van der Waals surface area contributed by atoms with Crippen LogP contribution < -0.4 is 0 Å². The van der Waals surface area contributed by atoms with Crippen molar-refractivity contribution in [2.75, 3.05) is 13.6 Å². The van der Waals surface area contributed by atoms with Gasteiger partial charge < -0.3 is 4.90 Å². The second kappa shape index (κ2) is 5.19. The van der Waals surface area contributed by atoms with Gasteiger partial charge in [0.25, 0.3) is 9.05 Å². The SMILES string of the molecule is CN(CC1CC1)C(=O)Cc1ccc(S(=O)(=O)Cl)s1. The van der Waals surface area contributed by atoms with E-state index in [0.29, 0.717) is 5.92 Å². The highest BCUT2D eigenvalue weighted by atomic mass is 35.7. The Morgan fingerprint density at radius 2 is 2.17 bits per heavy atom. The lowest BCUT2D eigenvalue weighted by Crippen LogP contribution is -2.29. The maximum atomic E-state index is 11.9. The number of rotatable bonds is 5. The number of nitrogens with zero attached hydrogens (tertiary/aromatic N) is 1. The Balaban J connectivity index is 1.96. The summed E-state index contributed by atoms with van der Waals surface area (Å²) in [5, 5.41) is 0. The summed E-state index contributed by atoms with van der Waals surface area (Å²) in [5.41, 5.74) is 0. The standard InChI is InChI=1S/C11H14ClNO3S2/c1-13(7-8-2-3-8)10(14)6-9-4-5-11(17-9)18(12,15)16/h4-5,8H,2-3,6-7H2,1H3. The van der Waals surface area contributed by atoms with E-state index in [1.165, 1.54) is 18.9 Å². The van der Waals surface area contributed by atoms with Crippen LogP contribution in [0.3, 0.4) is 0 Å². The van der Waals surface area contributed by atoms with Crippen molar-refractivity contribution in [3.63, 3.8) is 0 Å². The molecular weight excluding hydrogens is 294 g/mol. The summed E-state index contributed by atoms with van der Waals surface area (Å²) >= 11 is 1.05. The number of carbonyl (C=O) groups excluding carboxylic acids is 1. The van der Waals surface area contributed by atoms with Gasteiger partial charge in [0.2, 0.25) is 5.91 Å². The third-order valence-electron chi connectivity index (χ3n) is 2.86. The zero-order valence-corrected chi connectivity index (χ0v) is 12.3. The number of halogens is 1. The Kier molecular flexibility index (Phi) is 3.99. The highest BCUT2D eigenvalue weighted by Gasteiger charge is 2.25. The van der Waals surface area contributed by atoms with E-state index in [2.05, 4.69) is 0 Å². The number of likely N-dealkylation sites (N-methyl/N-ethyl adjacent to an activating group) is 1. The fraction of sp³-hybridized carbons (Fsp3) is 0.545. The predicted molar refractivity (Wildman–Crippen MR) is 71.4 cm³/mol. The minimum atomic E-state index is -3.68. The quantitative estimate of drug-likeness (QED) is 0.783. The van der Waals surface area contributed by atoms with Crippen molar-refractivity contribution >= 4 is 37.0 Å². The summed E-state index contributed by atoms with van der Waals surface area (Å²) < 4.78 is 22.3. The van der Waals surface area contributed by atoms with Crippen LogP contribution in [0.25, 0.3) is 0 Å². The second-order valence-electron chi connectivity index (χ2n) is 4.55. The topological polar surface area (TPSA) is 54.5 Å². The van der Waals surface area contributed by atoms with Crippen molar-refractivity contribution in [1.82, 2.24) is 4.90 Å². The van der Waals surface area contributed by atoms with Gasteiger partial charge in [-0.1, -0.05) is 0 Å². The molecule has 0 N–H and O–H groups in total. The fourth-order valence-electron chi connectivity index (χ4n) is 1.66. The normalized spacial score (nSPS) is 15.7. The van der Waals surface area contributed by atoms with E-state index in [1.54, 1.807) is 18.0 Å². The first-order valence-electron chi connectivity index (χ1n) is 5.63. The molecule has 0 aliphatic heterocycles. The molecule has 1 fully saturated rings. The van der Waals surface area contributed by atoms with Gasteiger partial charge in [0, 0.05) is 29.2 Å². The van der Waals surface area contributed by atoms with Gasteiger partial charge in [0.1, 0.15) is 4.21 Å². The smallest absolute Gasteiger partial charge is 0.270 e. The summed E-state index contributed by atoms with van der Waals surface area (Å²) in [7, 11) is 3.34. The van der Waals surface area contributed by atoms with Crippen LogP contribution in [0.4, 0.5) is 0 Å². The molecule has 1 saturated carbocycles. The Morgan fingerprint density at radius 1 is 1.50 bits per heavy atom. The van der Waals surface area contributed by atoms with Gasteiger partial charge in [-0.05, 0) is 30.9 Å². The molecule has 0 aromatic carbocycles. The first-order valence-corrected chi connectivity index (χ1v) is 8.76. The molecule has 1 aliphatic carbocycles. The van der Waals surface area contributed by atoms with Crippen LogP contribution in [0.15, 0.2) is 16.3 Å². The molecule has 0 radical (unpaired) electrons. The van der Waals surface area contributed by atoms with Crippen molar-refractivity contribution in [2.24, 2.45) is 5.92 Å². The van der Waals surface area contributed by atoms with Crippen LogP contribution >= 0.6 is 22.0 Å². The average Bonchev–Trinajstić information content (AvgIpc) is 2.92. The maximum Gasteiger partial charge on any atom is 0.270 e. The van der Waals surface area contributed by atoms with Crippen molar-refractivity contribution < 1.29 is 13.2 Å². The molecule has 1 aliphatic rings. The van der Waals surface area contributed by atoms with Crippen LogP contribution in [-0.4, -0.2) is 32.8 Å². The van der Waals surface area contributed by atoms with Crippen molar-refractivity contribution in [3.05, 3.63) is 17.0 Å². The van der Waals surface area contributed by atoms with E-state index in [0.717, 1.165) is 22.8 Å². The Bertz CT molecular complexity index is 548. The van der Waals surface area contributed by atoms with Crippen molar-refractivity contribution in [3.8, 4) is 0 Å². The average molecular weight is 308 g/mol. The van der Waals surface area contributed by atoms with E-state index in [4.69, 9.17) is 10.7 Å².